The van der Waals surface area contributed by atoms with E-state index in [-0.39, 0.29) is 31.2 Å². The zero-order chi connectivity index (χ0) is 16.2. The molecule has 2 atom stereocenters. The summed E-state index contributed by atoms with van der Waals surface area (Å²) < 4.78 is 57.5. The predicted octanol–water partition coefficient (Wildman–Crippen LogP) is 2.70. The normalized spacial score (nSPS) is 13.9. The van der Waals surface area contributed by atoms with Crippen LogP contribution in [0.15, 0.2) is 6.07 Å². The van der Waals surface area contributed by atoms with Crippen LogP contribution in [-0.2, 0) is 16.0 Å². The molecule has 2 unspecified atom stereocenters. The van der Waals surface area contributed by atoms with Gasteiger partial charge in [0.1, 0.15) is 6.04 Å². The Morgan fingerprint density at radius 2 is 1.76 bits per heavy atom. The van der Waals surface area contributed by atoms with Gasteiger partial charge in [-0.1, -0.05) is 6.92 Å². The van der Waals surface area contributed by atoms with E-state index in [1.165, 1.54) is 7.11 Å². The quantitative estimate of drug-likeness (QED) is 0.499. The van der Waals surface area contributed by atoms with Gasteiger partial charge >= 0.3 is 5.97 Å². The SMILES string of the molecule is COC(=O)C(N)CC(C)CCc1c(F)c(F)cc(F)c1F. The molecule has 1 rings (SSSR count). The molecule has 0 aliphatic heterocycles. The predicted molar refractivity (Wildman–Crippen MR) is 68.4 cm³/mol. The first-order chi connectivity index (χ1) is 9.77. The molecular formula is C14H17F4NO2. The van der Waals surface area contributed by atoms with Gasteiger partial charge in [-0.15, -0.1) is 0 Å². The van der Waals surface area contributed by atoms with Gasteiger partial charge < -0.3 is 10.5 Å². The van der Waals surface area contributed by atoms with Crippen LogP contribution >= 0.6 is 0 Å². The maximum absolute atomic E-state index is 13.5. The van der Waals surface area contributed by atoms with Crippen LogP contribution in [0.4, 0.5) is 17.6 Å². The number of benzene rings is 1. The fourth-order valence-corrected chi connectivity index (χ4v) is 2.03. The second-order valence-corrected chi connectivity index (χ2v) is 4.96. The molecule has 0 fully saturated rings. The van der Waals surface area contributed by atoms with Gasteiger partial charge in [-0.3, -0.25) is 4.79 Å². The van der Waals surface area contributed by atoms with E-state index in [1.807, 2.05) is 0 Å². The van der Waals surface area contributed by atoms with Gasteiger partial charge in [0.15, 0.2) is 23.3 Å². The number of carbonyl (C=O) groups excluding carboxylic acids is 1. The second-order valence-electron chi connectivity index (χ2n) is 4.96. The molecule has 0 spiro atoms. The standard InChI is InChI=1S/C14H17F4NO2/c1-7(5-11(19)14(20)21-2)3-4-8-12(17)9(15)6-10(16)13(8)18/h6-7,11H,3-5,19H2,1-2H3. The van der Waals surface area contributed by atoms with Crippen molar-refractivity contribution in [3.63, 3.8) is 0 Å². The number of hydrogen-bond acceptors (Lipinski definition) is 3. The van der Waals surface area contributed by atoms with Crippen molar-refractivity contribution in [2.75, 3.05) is 7.11 Å². The van der Waals surface area contributed by atoms with E-state index in [4.69, 9.17) is 5.73 Å². The maximum Gasteiger partial charge on any atom is 0.322 e. The zero-order valence-electron chi connectivity index (χ0n) is 11.8. The molecule has 0 amide bonds. The molecule has 0 saturated heterocycles. The number of rotatable bonds is 6. The minimum atomic E-state index is -1.43. The van der Waals surface area contributed by atoms with E-state index in [2.05, 4.69) is 4.74 Å². The summed E-state index contributed by atoms with van der Waals surface area (Å²) in [6, 6.07) is -0.672. The summed E-state index contributed by atoms with van der Waals surface area (Å²) in [7, 11) is 1.20. The molecule has 0 aromatic heterocycles. The molecule has 0 heterocycles. The molecule has 3 nitrogen and oxygen atoms in total. The minimum absolute atomic E-state index is 0.171. The Morgan fingerprint density at radius 1 is 1.24 bits per heavy atom. The molecule has 1 aromatic rings. The summed E-state index contributed by atoms with van der Waals surface area (Å²) in [6.07, 6.45) is 0.274. The highest BCUT2D eigenvalue weighted by Crippen LogP contribution is 2.23. The van der Waals surface area contributed by atoms with Gasteiger partial charge in [-0.05, 0) is 25.2 Å². The molecule has 0 saturated carbocycles. The highest BCUT2D eigenvalue weighted by Gasteiger charge is 2.21. The molecule has 0 aliphatic carbocycles. The fraction of sp³-hybridized carbons (Fsp3) is 0.500. The van der Waals surface area contributed by atoms with E-state index >= 15 is 0 Å². The van der Waals surface area contributed by atoms with Gasteiger partial charge in [0.2, 0.25) is 0 Å². The maximum atomic E-state index is 13.5. The molecule has 2 N–H and O–H groups in total. The Kier molecular flexibility index (Phi) is 6.14. The molecule has 7 heteroatoms. The topological polar surface area (TPSA) is 52.3 Å². The van der Waals surface area contributed by atoms with Crippen LogP contribution in [0.3, 0.4) is 0 Å². The highest BCUT2D eigenvalue weighted by atomic mass is 19.2. The lowest BCUT2D eigenvalue weighted by molar-refractivity contribution is -0.142. The molecule has 0 bridgehead atoms. The third kappa shape index (κ3) is 4.42. The number of hydrogen-bond donors (Lipinski definition) is 1. The first kappa shape index (κ1) is 17.4. The Bertz CT molecular complexity index is 496. The summed E-state index contributed by atoms with van der Waals surface area (Å²) in [5.74, 6) is -6.40. The first-order valence-electron chi connectivity index (χ1n) is 6.43. The minimum Gasteiger partial charge on any atom is -0.468 e. The van der Waals surface area contributed by atoms with E-state index in [0.29, 0.717) is 0 Å². The van der Waals surface area contributed by atoms with Crippen LogP contribution in [0, 0.1) is 29.2 Å². The molecule has 0 radical (unpaired) electrons. The summed E-state index contributed by atoms with van der Waals surface area (Å²) in [5, 5.41) is 0. The number of halogens is 4. The van der Waals surface area contributed by atoms with Crippen molar-refractivity contribution in [1.29, 1.82) is 0 Å². The summed E-state index contributed by atoms with van der Waals surface area (Å²) in [4.78, 5) is 11.2. The number of esters is 1. The Morgan fingerprint density at radius 3 is 2.24 bits per heavy atom. The number of methoxy groups -OCH3 is 1. The van der Waals surface area contributed by atoms with Crippen molar-refractivity contribution in [3.05, 3.63) is 34.9 Å². The third-order valence-corrected chi connectivity index (χ3v) is 3.25. The lowest BCUT2D eigenvalue weighted by Crippen LogP contribution is -2.33. The van der Waals surface area contributed by atoms with Crippen molar-refractivity contribution in [1.82, 2.24) is 0 Å². The number of carbonyl (C=O) groups is 1. The number of nitrogens with two attached hydrogens (primary N) is 1. The van der Waals surface area contributed by atoms with Crippen molar-refractivity contribution < 1.29 is 27.1 Å². The molecular weight excluding hydrogens is 290 g/mol. The van der Waals surface area contributed by atoms with Gasteiger partial charge in [0, 0.05) is 11.6 Å². The van der Waals surface area contributed by atoms with Gasteiger partial charge in [0.25, 0.3) is 0 Å². The van der Waals surface area contributed by atoms with E-state index < -0.39 is 40.8 Å². The highest BCUT2D eigenvalue weighted by molar-refractivity contribution is 5.75. The Hall–Kier alpha value is -1.63. The van der Waals surface area contributed by atoms with E-state index in [0.717, 1.165) is 0 Å². The van der Waals surface area contributed by atoms with Crippen LogP contribution in [0.5, 0.6) is 0 Å². The lowest BCUT2D eigenvalue weighted by Gasteiger charge is -2.16. The molecule has 21 heavy (non-hydrogen) atoms. The van der Waals surface area contributed by atoms with Gasteiger partial charge in [0.05, 0.1) is 7.11 Å². The van der Waals surface area contributed by atoms with Crippen LogP contribution in [0.1, 0.15) is 25.3 Å². The zero-order valence-corrected chi connectivity index (χ0v) is 11.8. The smallest absolute Gasteiger partial charge is 0.322 e. The fourth-order valence-electron chi connectivity index (χ4n) is 2.03. The third-order valence-electron chi connectivity index (χ3n) is 3.25. The summed E-state index contributed by atoms with van der Waals surface area (Å²) in [5.41, 5.74) is 4.93. The first-order valence-corrected chi connectivity index (χ1v) is 6.43. The average molecular weight is 307 g/mol. The number of ether oxygens (including phenoxy) is 1. The van der Waals surface area contributed by atoms with Crippen molar-refractivity contribution in [3.8, 4) is 0 Å². The van der Waals surface area contributed by atoms with Crippen molar-refractivity contribution in [2.45, 2.75) is 32.2 Å². The van der Waals surface area contributed by atoms with Crippen LogP contribution in [-0.4, -0.2) is 19.1 Å². The molecule has 0 aliphatic rings. The second kappa shape index (κ2) is 7.40. The lowest BCUT2D eigenvalue weighted by atomic mass is 9.94. The monoisotopic (exact) mass is 307 g/mol. The summed E-state index contributed by atoms with van der Waals surface area (Å²) in [6.45, 7) is 1.72. The molecule has 1 aromatic carbocycles. The van der Waals surface area contributed by atoms with Crippen LogP contribution in [0.25, 0.3) is 0 Å². The van der Waals surface area contributed by atoms with Crippen molar-refractivity contribution in [2.24, 2.45) is 11.7 Å². The Labute approximate surface area is 120 Å². The van der Waals surface area contributed by atoms with E-state index in [1.54, 1.807) is 6.92 Å². The molecule has 118 valence electrons. The summed E-state index contributed by atoms with van der Waals surface area (Å²) >= 11 is 0. The average Bonchev–Trinajstić information content (AvgIpc) is 2.44. The van der Waals surface area contributed by atoms with Gasteiger partial charge in [-0.2, -0.15) is 0 Å². The van der Waals surface area contributed by atoms with Gasteiger partial charge in [-0.25, -0.2) is 17.6 Å². The van der Waals surface area contributed by atoms with Crippen molar-refractivity contribution >= 4 is 5.97 Å². The van der Waals surface area contributed by atoms with Crippen LogP contribution in [0.2, 0.25) is 0 Å². The largest absolute Gasteiger partial charge is 0.468 e. The van der Waals surface area contributed by atoms with Crippen LogP contribution < -0.4 is 5.73 Å². The van der Waals surface area contributed by atoms with E-state index in [9.17, 15) is 22.4 Å². The Balaban J connectivity index is 2.70.